The number of aromatic nitrogens is 4. The molecular weight excluding hydrogens is 789 g/mol. The van der Waals surface area contributed by atoms with E-state index in [9.17, 15) is 0 Å². The number of fused-ring (bicyclic) bond motifs is 16. The lowest BCUT2D eigenvalue weighted by atomic mass is 9.68. The third-order valence-corrected chi connectivity index (χ3v) is 15.1. The molecule has 2 heterocycles. The molecule has 10 aromatic carbocycles. The summed E-state index contributed by atoms with van der Waals surface area (Å²) in [6, 6.07) is 69.0. The van der Waals surface area contributed by atoms with Crippen LogP contribution in [0.15, 0.2) is 182 Å². The normalized spacial score (nSPS) is 13.4. The van der Waals surface area contributed by atoms with Crippen LogP contribution in [0.25, 0.3) is 110 Å². The van der Waals surface area contributed by atoms with Gasteiger partial charge in [0.1, 0.15) is 11.6 Å². The molecule has 0 bridgehead atoms. The molecule has 0 N–H and O–H groups in total. The number of benzene rings is 10. The summed E-state index contributed by atoms with van der Waals surface area (Å²) in [6.45, 7) is 4.16. The molecule has 1 spiro atoms. The second kappa shape index (κ2) is 13.0. The van der Waals surface area contributed by atoms with Gasteiger partial charge in [0.15, 0.2) is 0 Å². The number of rotatable bonds is 3. The summed E-state index contributed by atoms with van der Waals surface area (Å²) in [5, 5.41) is 7.42. The van der Waals surface area contributed by atoms with E-state index in [4.69, 9.17) is 9.97 Å². The topological polar surface area (TPSA) is 35.6 Å². The number of nitrogens with zero attached hydrogens (tertiary/aromatic N) is 4. The molecule has 2 aliphatic rings. The van der Waals surface area contributed by atoms with Crippen LogP contribution in [0.4, 0.5) is 0 Å². The van der Waals surface area contributed by atoms with Gasteiger partial charge in [0.2, 0.25) is 0 Å². The first-order chi connectivity index (χ1) is 31.9. The molecule has 2 aromatic heterocycles. The third-order valence-electron chi connectivity index (χ3n) is 15.1. The van der Waals surface area contributed by atoms with Crippen LogP contribution in [-0.4, -0.2) is 19.1 Å². The minimum atomic E-state index is -0.549. The van der Waals surface area contributed by atoms with Crippen molar-refractivity contribution >= 4 is 54.4 Å². The second-order valence-electron chi connectivity index (χ2n) is 18.2. The van der Waals surface area contributed by atoms with E-state index in [1.165, 1.54) is 110 Å². The first kappa shape index (κ1) is 36.4. The number of hydrogen-bond donors (Lipinski definition) is 0. The van der Waals surface area contributed by atoms with Crippen LogP contribution in [0.5, 0.6) is 0 Å². The SMILES string of the molecule is Cc1nc2ccc(-c3cccc4c(-c5cc6ccccc6c6c5C5(c7ccccc7-c7ccccc75)c5ccccc5-6)c5cccc(-c6ccc7nc(C)n(C)c7c6)c5cc34)cc2n1C. The molecule has 4 nitrogen and oxygen atoms in total. The fourth-order valence-corrected chi connectivity index (χ4v) is 12.1. The molecule has 0 aliphatic heterocycles. The molecule has 0 atom stereocenters. The molecule has 14 rings (SSSR count). The maximum Gasteiger partial charge on any atom is 0.106 e. The van der Waals surface area contributed by atoms with Crippen molar-refractivity contribution in [2.24, 2.45) is 14.1 Å². The molecule has 306 valence electrons. The lowest BCUT2D eigenvalue weighted by Crippen LogP contribution is -2.26. The number of imidazole rings is 2. The van der Waals surface area contributed by atoms with Gasteiger partial charge in [0.25, 0.3) is 0 Å². The second-order valence-corrected chi connectivity index (χ2v) is 18.2. The van der Waals surface area contributed by atoms with Crippen molar-refractivity contribution in [1.82, 2.24) is 19.1 Å². The highest BCUT2D eigenvalue weighted by Gasteiger charge is 2.53. The maximum atomic E-state index is 4.88. The van der Waals surface area contributed by atoms with Crippen molar-refractivity contribution in [2.45, 2.75) is 19.3 Å². The van der Waals surface area contributed by atoms with Crippen molar-refractivity contribution < 1.29 is 0 Å². The average Bonchev–Trinajstić information content (AvgIpc) is 4.03. The van der Waals surface area contributed by atoms with Crippen LogP contribution in [0.1, 0.15) is 33.9 Å². The van der Waals surface area contributed by atoms with Gasteiger partial charge in [-0.1, -0.05) is 146 Å². The van der Waals surface area contributed by atoms with E-state index < -0.39 is 5.41 Å². The van der Waals surface area contributed by atoms with Crippen LogP contribution in [0.2, 0.25) is 0 Å². The highest BCUT2D eigenvalue weighted by Crippen LogP contribution is 2.66. The first-order valence-corrected chi connectivity index (χ1v) is 22.6. The van der Waals surface area contributed by atoms with E-state index >= 15 is 0 Å². The van der Waals surface area contributed by atoms with Gasteiger partial charge in [0.05, 0.1) is 27.5 Å². The highest BCUT2D eigenvalue weighted by atomic mass is 15.1. The van der Waals surface area contributed by atoms with Crippen molar-refractivity contribution in [3.63, 3.8) is 0 Å². The Morgan fingerprint density at radius 2 is 0.831 bits per heavy atom. The molecule has 0 radical (unpaired) electrons. The fraction of sp³-hybridized carbons (Fsp3) is 0.0820. The summed E-state index contributed by atoms with van der Waals surface area (Å²) in [5.41, 5.74) is 21.6. The summed E-state index contributed by atoms with van der Waals surface area (Å²) < 4.78 is 4.40. The number of aryl methyl sites for hydroxylation is 4. The summed E-state index contributed by atoms with van der Waals surface area (Å²) >= 11 is 0. The molecule has 2 aliphatic carbocycles. The third kappa shape index (κ3) is 4.70. The van der Waals surface area contributed by atoms with Gasteiger partial charge >= 0.3 is 0 Å². The van der Waals surface area contributed by atoms with Gasteiger partial charge in [-0.25, -0.2) is 9.97 Å². The Balaban J connectivity index is 1.18. The molecule has 12 aromatic rings. The van der Waals surface area contributed by atoms with Gasteiger partial charge in [-0.3, -0.25) is 0 Å². The van der Waals surface area contributed by atoms with Gasteiger partial charge < -0.3 is 9.13 Å². The van der Waals surface area contributed by atoms with Crippen molar-refractivity contribution in [3.05, 3.63) is 216 Å². The molecule has 0 saturated heterocycles. The first-order valence-electron chi connectivity index (χ1n) is 22.6. The summed E-state index contributed by atoms with van der Waals surface area (Å²) in [6.07, 6.45) is 0. The highest BCUT2D eigenvalue weighted by molar-refractivity contribution is 6.22. The van der Waals surface area contributed by atoms with E-state index in [-0.39, 0.29) is 0 Å². The van der Waals surface area contributed by atoms with Crippen LogP contribution in [0.3, 0.4) is 0 Å². The quantitative estimate of drug-likeness (QED) is 0.166. The fourth-order valence-electron chi connectivity index (χ4n) is 12.1. The predicted molar refractivity (Wildman–Crippen MR) is 270 cm³/mol. The van der Waals surface area contributed by atoms with E-state index in [0.29, 0.717) is 0 Å². The molecule has 0 saturated carbocycles. The lowest BCUT2D eigenvalue weighted by molar-refractivity contribution is 0.796. The van der Waals surface area contributed by atoms with Gasteiger partial charge in [-0.05, 0) is 160 Å². The van der Waals surface area contributed by atoms with Crippen LogP contribution in [-0.2, 0) is 19.5 Å². The Labute approximate surface area is 376 Å². The average molecular weight is 831 g/mol. The molecule has 0 unspecified atom stereocenters. The molecular formula is C61H42N4. The Hall–Kier alpha value is -8.08. The van der Waals surface area contributed by atoms with Crippen LogP contribution < -0.4 is 0 Å². The summed E-state index contributed by atoms with van der Waals surface area (Å²) in [4.78, 5) is 9.76. The molecule has 0 amide bonds. The Kier molecular flexibility index (Phi) is 7.28. The van der Waals surface area contributed by atoms with Gasteiger partial charge in [-0.15, -0.1) is 0 Å². The Morgan fingerprint density at radius 3 is 1.40 bits per heavy atom. The van der Waals surface area contributed by atoms with Gasteiger partial charge in [-0.2, -0.15) is 0 Å². The van der Waals surface area contributed by atoms with Crippen molar-refractivity contribution in [1.29, 1.82) is 0 Å². The maximum absolute atomic E-state index is 4.88. The minimum Gasteiger partial charge on any atom is -0.331 e. The zero-order valence-corrected chi connectivity index (χ0v) is 36.6. The number of hydrogen-bond acceptors (Lipinski definition) is 2. The zero-order chi connectivity index (χ0) is 43.3. The zero-order valence-electron chi connectivity index (χ0n) is 36.6. The van der Waals surface area contributed by atoms with E-state index in [2.05, 4.69) is 219 Å². The standard InChI is InChI=1S/C61H42N4/c1-35-62-54-29-27-38(32-56(54)64(35)3)40-20-13-22-45-48(40)34-49-41(39-28-30-55-57(33-39)65(4)36(2)63-55)21-14-23-46(49)58(45)50-31-37-15-5-6-16-42(37)59-47-19-9-12-26-53(47)61(60(50)59)51-24-10-7-17-43(51)44-18-8-11-25-52(44)61/h5-34H,1-4H3. The molecule has 4 heteroatoms. The molecule has 0 fully saturated rings. The van der Waals surface area contributed by atoms with E-state index in [1.54, 1.807) is 0 Å². The summed E-state index contributed by atoms with van der Waals surface area (Å²) in [7, 11) is 4.23. The Morgan fingerprint density at radius 1 is 0.369 bits per heavy atom. The molecule has 65 heavy (non-hydrogen) atoms. The smallest absolute Gasteiger partial charge is 0.106 e. The van der Waals surface area contributed by atoms with E-state index in [0.717, 1.165) is 33.7 Å². The van der Waals surface area contributed by atoms with Crippen LogP contribution in [0, 0.1) is 13.8 Å². The monoisotopic (exact) mass is 830 g/mol. The van der Waals surface area contributed by atoms with Gasteiger partial charge in [0, 0.05) is 14.1 Å². The Bertz CT molecular complexity index is 3880. The largest absolute Gasteiger partial charge is 0.331 e. The predicted octanol–water partition coefficient (Wildman–Crippen LogP) is 14.9. The minimum absolute atomic E-state index is 0.549. The van der Waals surface area contributed by atoms with E-state index in [1.807, 2.05) is 0 Å². The van der Waals surface area contributed by atoms with Crippen LogP contribution >= 0.6 is 0 Å². The lowest BCUT2D eigenvalue weighted by Gasteiger charge is -2.33. The van der Waals surface area contributed by atoms with Crippen molar-refractivity contribution in [3.8, 4) is 55.6 Å². The van der Waals surface area contributed by atoms with Crippen molar-refractivity contribution in [2.75, 3.05) is 0 Å². The summed E-state index contributed by atoms with van der Waals surface area (Å²) in [5.74, 6) is 2.01.